The Kier molecular flexibility index (Phi) is 6.32. The molecule has 0 aliphatic rings. The molecule has 1 amide bonds. The maximum Gasteiger partial charge on any atom is 0.269 e. The van der Waals surface area contributed by atoms with Gasteiger partial charge in [-0.2, -0.15) is 0 Å². The molecular weight excluding hydrogens is 314 g/mol. The number of nitro groups is 1. The zero-order valence-corrected chi connectivity index (χ0v) is 13.0. The highest BCUT2D eigenvalue weighted by molar-refractivity contribution is 5.76. The van der Waals surface area contributed by atoms with Crippen LogP contribution in [0.5, 0.6) is 0 Å². The molecule has 0 spiro atoms. The minimum absolute atomic E-state index is 0.0351. The summed E-state index contributed by atoms with van der Waals surface area (Å²) in [7, 11) is 0. The zero-order valence-electron chi connectivity index (χ0n) is 13.0. The van der Waals surface area contributed by atoms with Crippen LogP contribution in [-0.4, -0.2) is 29.1 Å². The molecule has 3 N–H and O–H groups in total. The number of rotatable bonds is 9. The number of nitro benzene ring substituents is 1. The average molecular weight is 333 g/mol. The first kappa shape index (κ1) is 17.5. The van der Waals surface area contributed by atoms with Crippen LogP contribution >= 0.6 is 0 Å². The highest BCUT2D eigenvalue weighted by Gasteiger charge is 2.15. The molecule has 0 radical (unpaired) electrons. The number of anilines is 1. The lowest BCUT2D eigenvalue weighted by Gasteiger charge is -2.14. The first-order valence-electron chi connectivity index (χ1n) is 7.52. The Labute approximate surface area is 138 Å². The molecule has 0 saturated carbocycles. The number of nitrogens with zero attached hydrogens (tertiary/aromatic N) is 1. The third kappa shape index (κ3) is 5.10. The van der Waals surface area contributed by atoms with Gasteiger partial charge in [0.05, 0.1) is 17.8 Å². The van der Waals surface area contributed by atoms with E-state index >= 15 is 0 Å². The number of carbonyl (C=O) groups excluding carboxylic acids is 1. The Hall–Kier alpha value is -2.87. The Bertz CT molecular complexity index is 655. The molecule has 1 aromatic heterocycles. The molecule has 0 fully saturated rings. The van der Waals surface area contributed by atoms with Crippen LogP contribution in [0.3, 0.4) is 0 Å². The summed E-state index contributed by atoms with van der Waals surface area (Å²) in [5, 5.41) is 25.6. The Morgan fingerprint density at radius 3 is 2.62 bits per heavy atom. The van der Waals surface area contributed by atoms with Gasteiger partial charge in [-0.3, -0.25) is 14.9 Å². The Morgan fingerprint density at radius 2 is 2.04 bits per heavy atom. The molecule has 8 nitrogen and oxygen atoms in total. The highest BCUT2D eigenvalue weighted by atomic mass is 16.6. The number of furan rings is 1. The van der Waals surface area contributed by atoms with Crippen LogP contribution in [0.25, 0.3) is 0 Å². The molecule has 0 aliphatic carbocycles. The van der Waals surface area contributed by atoms with Gasteiger partial charge in [0.25, 0.3) is 5.69 Å². The van der Waals surface area contributed by atoms with Crippen molar-refractivity contribution in [2.75, 3.05) is 18.5 Å². The van der Waals surface area contributed by atoms with Crippen LogP contribution in [0.2, 0.25) is 0 Å². The number of hydrogen-bond donors (Lipinski definition) is 3. The van der Waals surface area contributed by atoms with Crippen LogP contribution < -0.4 is 10.6 Å². The minimum atomic E-state index is -0.546. The van der Waals surface area contributed by atoms with E-state index in [-0.39, 0.29) is 24.6 Å². The number of aliphatic hydroxyl groups excluding tert-OH is 1. The normalized spacial score (nSPS) is 11.7. The van der Waals surface area contributed by atoms with E-state index < -0.39 is 11.0 Å². The molecule has 0 saturated heterocycles. The van der Waals surface area contributed by atoms with Crippen molar-refractivity contribution in [3.63, 3.8) is 0 Å². The predicted molar refractivity (Wildman–Crippen MR) is 87.5 cm³/mol. The number of benzene rings is 1. The van der Waals surface area contributed by atoms with Gasteiger partial charge in [0, 0.05) is 30.8 Å². The van der Waals surface area contributed by atoms with Crippen molar-refractivity contribution in [3.8, 4) is 0 Å². The first-order valence-corrected chi connectivity index (χ1v) is 7.52. The number of carbonyl (C=O) groups is 1. The van der Waals surface area contributed by atoms with E-state index in [4.69, 9.17) is 4.42 Å². The molecule has 1 unspecified atom stereocenters. The molecule has 2 aromatic rings. The second kappa shape index (κ2) is 8.68. The summed E-state index contributed by atoms with van der Waals surface area (Å²) < 4.78 is 5.16. The number of amides is 1. The van der Waals surface area contributed by atoms with Crippen LogP contribution in [0.15, 0.2) is 47.1 Å². The third-order valence-electron chi connectivity index (χ3n) is 3.39. The topological polar surface area (TPSA) is 118 Å². The lowest BCUT2D eigenvalue weighted by Crippen LogP contribution is -2.30. The van der Waals surface area contributed by atoms with Gasteiger partial charge in [-0.15, -0.1) is 0 Å². The molecule has 8 heteroatoms. The van der Waals surface area contributed by atoms with Crippen molar-refractivity contribution < 1.29 is 19.2 Å². The Balaban J connectivity index is 1.69. The summed E-state index contributed by atoms with van der Waals surface area (Å²) in [5.74, 6) is 0.325. The third-order valence-corrected chi connectivity index (χ3v) is 3.39. The lowest BCUT2D eigenvalue weighted by atomic mass is 10.2. The molecule has 0 aliphatic heterocycles. The van der Waals surface area contributed by atoms with Gasteiger partial charge in [-0.25, -0.2) is 0 Å². The first-order chi connectivity index (χ1) is 11.6. The van der Waals surface area contributed by atoms with Gasteiger partial charge in [0.1, 0.15) is 11.8 Å². The van der Waals surface area contributed by atoms with Crippen molar-refractivity contribution in [3.05, 3.63) is 58.5 Å². The van der Waals surface area contributed by atoms with Crippen molar-refractivity contribution in [2.24, 2.45) is 0 Å². The number of aliphatic hydroxyl groups is 1. The van der Waals surface area contributed by atoms with Crippen LogP contribution in [0, 0.1) is 10.1 Å². The fourth-order valence-corrected chi connectivity index (χ4v) is 2.15. The number of hydrogen-bond acceptors (Lipinski definition) is 6. The molecular formula is C16H19N3O5. The molecule has 1 atom stereocenters. The van der Waals surface area contributed by atoms with Crippen molar-refractivity contribution in [1.29, 1.82) is 0 Å². The van der Waals surface area contributed by atoms with E-state index in [0.29, 0.717) is 18.7 Å². The maximum atomic E-state index is 11.9. The van der Waals surface area contributed by atoms with E-state index in [1.54, 1.807) is 24.3 Å². The highest BCUT2D eigenvalue weighted by Crippen LogP contribution is 2.15. The SMILES string of the molecule is O=C(CCCNc1ccc([N+](=O)[O-])cc1)NC(CO)c1ccco1. The lowest BCUT2D eigenvalue weighted by molar-refractivity contribution is -0.384. The van der Waals surface area contributed by atoms with E-state index in [2.05, 4.69) is 10.6 Å². The largest absolute Gasteiger partial charge is 0.467 e. The smallest absolute Gasteiger partial charge is 0.269 e. The number of non-ortho nitro benzene ring substituents is 1. The van der Waals surface area contributed by atoms with Gasteiger partial charge >= 0.3 is 0 Å². The molecule has 128 valence electrons. The molecule has 0 bridgehead atoms. The van der Waals surface area contributed by atoms with Gasteiger partial charge in [0.15, 0.2) is 0 Å². The summed E-state index contributed by atoms with van der Waals surface area (Å²) in [6, 6.07) is 8.92. The molecule has 1 aromatic carbocycles. The van der Waals surface area contributed by atoms with Crippen molar-refractivity contribution in [1.82, 2.24) is 5.32 Å². The summed E-state index contributed by atoms with van der Waals surface area (Å²) >= 11 is 0. The van der Waals surface area contributed by atoms with Crippen LogP contribution in [-0.2, 0) is 4.79 Å². The molecule has 24 heavy (non-hydrogen) atoms. The second-order valence-corrected chi connectivity index (χ2v) is 5.15. The Morgan fingerprint density at radius 1 is 1.29 bits per heavy atom. The van der Waals surface area contributed by atoms with Crippen LogP contribution in [0.4, 0.5) is 11.4 Å². The second-order valence-electron chi connectivity index (χ2n) is 5.15. The summed E-state index contributed by atoms with van der Waals surface area (Å²) in [5.41, 5.74) is 0.790. The molecule has 1 heterocycles. The van der Waals surface area contributed by atoms with E-state index in [0.717, 1.165) is 5.69 Å². The maximum absolute atomic E-state index is 11.9. The van der Waals surface area contributed by atoms with Crippen LogP contribution in [0.1, 0.15) is 24.6 Å². The van der Waals surface area contributed by atoms with E-state index in [1.165, 1.54) is 18.4 Å². The molecule has 2 rings (SSSR count). The quantitative estimate of drug-likeness (QED) is 0.368. The van der Waals surface area contributed by atoms with Gasteiger partial charge in [0.2, 0.25) is 5.91 Å². The zero-order chi connectivity index (χ0) is 17.4. The predicted octanol–water partition coefficient (Wildman–Crippen LogP) is 2.23. The monoisotopic (exact) mass is 333 g/mol. The fourth-order valence-electron chi connectivity index (χ4n) is 2.15. The number of nitrogens with one attached hydrogen (secondary N) is 2. The van der Waals surface area contributed by atoms with Gasteiger partial charge in [-0.1, -0.05) is 0 Å². The average Bonchev–Trinajstić information content (AvgIpc) is 3.11. The van der Waals surface area contributed by atoms with Gasteiger partial charge in [-0.05, 0) is 30.7 Å². The minimum Gasteiger partial charge on any atom is -0.467 e. The summed E-state index contributed by atoms with van der Waals surface area (Å²) in [6.45, 7) is 0.316. The van der Waals surface area contributed by atoms with Crippen molar-refractivity contribution in [2.45, 2.75) is 18.9 Å². The van der Waals surface area contributed by atoms with Crippen molar-refractivity contribution >= 4 is 17.3 Å². The van der Waals surface area contributed by atoms with Gasteiger partial charge < -0.3 is 20.2 Å². The fraction of sp³-hybridized carbons (Fsp3) is 0.312. The summed E-state index contributed by atoms with van der Waals surface area (Å²) in [6.07, 6.45) is 2.36. The van der Waals surface area contributed by atoms with E-state index in [9.17, 15) is 20.0 Å². The van der Waals surface area contributed by atoms with E-state index in [1.807, 2.05) is 0 Å². The summed E-state index contributed by atoms with van der Waals surface area (Å²) in [4.78, 5) is 22.0. The standard InChI is InChI=1S/C16H19N3O5/c20-11-14(15-3-2-10-24-15)18-16(21)4-1-9-17-12-5-7-13(8-6-12)19(22)23/h2-3,5-8,10,14,17,20H,1,4,9,11H2,(H,18,21).